The molecule has 1 atom stereocenters. The molecule has 1 N–H and O–H groups in total. The van der Waals surface area contributed by atoms with E-state index in [0.717, 1.165) is 11.4 Å². The summed E-state index contributed by atoms with van der Waals surface area (Å²) in [7, 11) is 0.0798. The second-order valence-electron chi connectivity index (χ2n) is 7.49. The maximum Gasteiger partial charge on any atom is 0.248 e. The first-order valence-corrected chi connectivity index (χ1v) is 11.0. The van der Waals surface area contributed by atoms with Crippen LogP contribution in [0.5, 0.6) is 0 Å². The average Bonchev–Trinajstić information content (AvgIpc) is 3.05. The monoisotopic (exact) mass is 421 g/mol. The fraction of sp³-hybridized carbons (Fsp3) is 0.526. The lowest BCUT2D eigenvalue weighted by Crippen LogP contribution is -2.45. The molecule has 0 bridgehead atoms. The lowest BCUT2D eigenvalue weighted by molar-refractivity contribution is -0.126. The topological polar surface area (TPSA) is 109 Å². The minimum atomic E-state index is -3.74. The highest BCUT2D eigenvalue weighted by molar-refractivity contribution is 7.89. The molecule has 1 unspecified atom stereocenters. The molecule has 1 aliphatic heterocycles. The van der Waals surface area contributed by atoms with Crippen LogP contribution < -0.4 is 10.2 Å². The predicted molar refractivity (Wildman–Crippen MR) is 108 cm³/mol. The van der Waals surface area contributed by atoms with E-state index in [4.69, 9.17) is 4.52 Å². The number of hydrogen-bond acceptors (Lipinski definition) is 7. The zero-order valence-electron chi connectivity index (χ0n) is 17.2. The van der Waals surface area contributed by atoms with Gasteiger partial charge in [-0.2, -0.15) is 4.31 Å². The van der Waals surface area contributed by atoms with Gasteiger partial charge in [0.2, 0.25) is 15.9 Å². The van der Waals surface area contributed by atoms with E-state index in [-0.39, 0.29) is 23.1 Å². The smallest absolute Gasteiger partial charge is 0.248 e. The van der Waals surface area contributed by atoms with Gasteiger partial charge in [-0.1, -0.05) is 11.2 Å². The molecule has 0 spiro atoms. The Hall–Kier alpha value is -2.46. The number of hydrogen-bond donors (Lipinski definition) is 1. The predicted octanol–water partition coefficient (Wildman–Crippen LogP) is 1.47. The standard InChI is InChI=1S/C19H27N5O4S/c1-13-18(14(2)28-22-13)29(26,27)24-9-5-6-16(12-24)19(25)21-11-15-7-8-17(20-10-15)23(3)4/h7-8,10,16H,5-6,9,11-12H2,1-4H3,(H,21,25). The highest BCUT2D eigenvalue weighted by Gasteiger charge is 2.36. The number of aryl methyl sites for hydroxylation is 2. The summed E-state index contributed by atoms with van der Waals surface area (Å²) >= 11 is 0. The van der Waals surface area contributed by atoms with Gasteiger partial charge < -0.3 is 14.7 Å². The number of nitrogens with zero attached hydrogens (tertiary/aromatic N) is 4. The third-order valence-electron chi connectivity index (χ3n) is 5.05. The number of sulfonamides is 1. The Morgan fingerprint density at radius 3 is 2.69 bits per heavy atom. The van der Waals surface area contributed by atoms with Crippen LogP contribution in [-0.4, -0.2) is 56.0 Å². The second-order valence-corrected chi connectivity index (χ2v) is 9.37. The Morgan fingerprint density at radius 1 is 1.34 bits per heavy atom. The van der Waals surface area contributed by atoms with Crippen molar-refractivity contribution in [3.05, 3.63) is 35.3 Å². The highest BCUT2D eigenvalue weighted by Crippen LogP contribution is 2.27. The van der Waals surface area contributed by atoms with Crippen molar-refractivity contribution >= 4 is 21.7 Å². The van der Waals surface area contributed by atoms with Gasteiger partial charge in [0.25, 0.3) is 0 Å². The summed E-state index contributed by atoms with van der Waals surface area (Å²) in [5, 5.41) is 6.64. The molecule has 1 fully saturated rings. The fourth-order valence-corrected chi connectivity index (χ4v) is 5.28. The van der Waals surface area contributed by atoms with Crippen molar-refractivity contribution in [1.82, 2.24) is 19.8 Å². The van der Waals surface area contributed by atoms with E-state index in [1.807, 2.05) is 31.1 Å². The van der Waals surface area contributed by atoms with Crippen LogP contribution in [0, 0.1) is 19.8 Å². The third-order valence-corrected chi connectivity index (χ3v) is 7.16. The van der Waals surface area contributed by atoms with Gasteiger partial charge in [-0.3, -0.25) is 4.79 Å². The number of aromatic nitrogens is 2. The Labute approximate surface area is 171 Å². The van der Waals surface area contributed by atoms with Crippen molar-refractivity contribution in [2.45, 2.75) is 38.1 Å². The highest BCUT2D eigenvalue weighted by atomic mass is 32.2. The van der Waals surface area contributed by atoms with Crippen LogP contribution in [0.4, 0.5) is 5.82 Å². The van der Waals surface area contributed by atoms with E-state index in [1.54, 1.807) is 20.0 Å². The van der Waals surface area contributed by atoms with Crippen LogP contribution in [0.15, 0.2) is 27.7 Å². The first-order valence-electron chi connectivity index (χ1n) is 9.53. The van der Waals surface area contributed by atoms with Crippen LogP contribution in [0.25, 0.3) is 0 Å². The first-order chi connectivity index (χ1) is 13.7. The molecule has 2 aromatic rings. The molecule has 9 nitrogen and oxygen atoms in total. The zero-order valence-corrected chi connectivity index (χ0v) is 18.0. The summed E-state index contributed by atoms with van der Waals surface area (Å²) in [4.78, 5) is 19.0. The van der Waals surface area contributed by atoms with Gasteiger partial charge in [0.05, 0.1) is 5.92 Å². The second kappa shape index (κ2) is 8.50. The van der Waals surface area contributed by atoms with E-state index in [0.29, 0.717) is 31.6 Å². The number of pyridine rings is 1. The molecule has 1 aliphatic rings. The quantitative estimate of drug-likeness (QED) is 0.752. The minimum absolute atomic E-state index is 0.102. The van der Waals surface area contributed by atoms with Crippen molar-refractivity contribution in [3.63, 3.8) is 0 Å². The number of rotatable bonds is 6. The molecule has 0 aliphatic carbocycles. The van der Waals surface area contributed by atoms with Gasteiger partial charge in [0.1, 0.15) is 16.4 Å². The molecule has 158 valence electrons. The minimum Gasteiger partial charge on any atom is -0.363 e. The maximum atomic E-state index is 13.0. The van der Waals surface area contributed by atoms with Crippen molar-refractivity contribution in [3.8, 4) is 0 Å². The number of nitrogens with one attached hydrogen (secondary N) is 1. The zero-order chi connectivity index (χ0) is 21.2. The summed E-state index contributed by atoms with van der Waals surface area (Å²) < 4.78 is 32.4. The van der Waals surface area contributed by atoms with Crippen LogP contribution in [0.1, 0.15) is 29.9 Å². The number of anilines is 1. The molecule has 3 heterocycles. The number of carbonyl (C=O) groups is 1. The van der Waals surface area contributed by atoms with Crippen molar-refractivity contribution in [2.75, 3.05) is 32.1 Å². The summed E-state index contributed by atoms with van der Waals surface area (Å²) in [5.74, 6) is 0.559. The summed E-state index contributed by atoms with van der Waals surface area (Å²) in [6.45, 7) is 4.07. The molecule has 1 saturated heterocycles. The summed E-state index contributed by atoms with van der Waals surface area (Å²) in [5.41, 5.74) is 1.22. The molecular formula is C19H27N5O4S. The van der Waals surface area contributed by atoms with Crippen LogP contribution in [0.2, 0.25) is 0 Å². The fourth-order valence-electron chi connectivity index (χ4n) is 3.47. The Morgan fingerprint density at radius 2 is 2.10 bits per heavy atom. The van der Waals surface area contributed by atoms with E-state index in [2.05, 4.69) is 15.5 Å². The molecule has 0 saturated carbocycles. The van der Waals surface area contributed by atoms with Crippen LogP contribution in [-0.2, 0) is 21.4 Å². The molecule has 1 amide bonds. The number of piperidine rings is 1. The third kappa shape index (κ3) is 4.59. The lowest BCUT2D eigenvalue weighted by Gasteiger charge is -2.31. The van der Waals surface area contributed by atoms with Crippen LogP contribution >= 0.6 is 0 Å². The number of carbonyl (C=O) groups excluding carboxylic acids is 1. The molecule has 29 heavy (non-hydrogen) atoms. The van der Waals surface area contributed by atoms with Gasteiger partial charge in [-0.05, 0) is 38.3 Å². The molecule has 2 aromatic heterocycles. The van der Waals surface area contributed by atoms with E-state index in [9.17, 15) is 13.2 Å². The molecule has 3 rings (SSSR count). The van der Waals surface area contributed by atoms with E-state index < -0.39 is 15.9 Å². The SMILES string of the molecule is Cc1noc(C)c1S(=O)(=O)N1CCCC(C(=O)NCc2ccc(N(C)C)nc2)C1. The van der Waals surface area contributed by atoms with Gasteiger partial charge in [-0.15, -0.1) is 0 Å². The van der Waals surface area contributed by atoms with Gasteiger partial charge in [0, 0.05) is 39.9 Å². The normalized spacial score (nSPS) is 17.9. The van der Waals surface area contributed by atoms with Gasteiger partial charge in [-0.25, -0.2) is 13.4 Å². The Balaban J connectivity index is 1.63. The van der Waals surface area contributed by atoms with Gasteiger partial charge >= 0.3 is 0 Å². The van der Waals surface area contributed by atoms with Crippen molar-refractivity contribution < 1.29 is 17.7 Å². The lowest BCUT2D eigenvalue weighted by atomic mass is 9.99. The van der Waals surface area contributed by atoms with E-state index >= 15 is 0 Å². The molecule has 0 radical (unpaired) electrons. The van der Waals surface area contributed by atoms with Gasteiger partial charge in [0.15, 0.2) is 5.76 Å². The summed E-state index contributed by atoms with van der Waals surface area (Å²) in [6.07, 6.45) is 3.00. The molecule has 0 aromatic carbocycles. The summed E-state index contributed by atoms with van der Waals surface area (Å²) in [6, 6.07) is 3.80. The maximum absolute atomic E-state index is 13.0. The van der Waals surface area contributed by atoms with Crippen LogP contribution in [0.3, 0.4) is 0 Å². The Kier molecular flexibility index (Phi) is 6.23. The Bertz CT molecular complexity index is 949. The van der Waals surface area contributed by atoms with Crippen molar-refractivity contribution in [2.24, 2.45) is 5.92 Å². The largest absolute Gasteiger partial charge is 0.363 e. The first kappa shape index (κ1) is 21.3. The molecular weight excluding hydrogens is 394 g/mol. The molecule has 10 heteroatoms. The average molecular weight is 422 g/mol. The van der Waals surface area contributed by atoms with E-state index in [1.165, 1.54) is 4.31 Å². The van der Waals surface area contributed by atoms with Crippen molar-refractivity contribution in [1.29, 1.82) is 0 Å². The number of amides is 1.